The minimum Gasteiger partial charge on any atom is -0.0610 e. The molecule has 1 radical (unpaired) electrons. The highest BCUT2D eigenvalue weighted by Crippen LogP contribution is 2.47. The van der Waals surface area contributed by atoms with E-state index < -0.39 is 0 Å². The fourth-order valence-corrected chi connectivity index (χ4v) is 6.32. The van der Waals surface area contributed by atoms with Gasteiger partial charge in [-0.05, 0) is 124 Å². The van der Waals surface area contributed by atoms with Crippen LogP contribution in [0.2, 0.25) is 0 Å². The Balaban J connectivity index is 1.88. The van der Waals surface area contributed by atoms with Gasteiger partial charge in [-0.1, -0.05) is 77.9 Å². The van der Waals surface area contributed by atoms with Crippen LogP contribution >= 0.6 is 0 Å². The molecular weight excluding hydrogens is 408 g/mol. The molecule has 0 aliphatic heterocycles. The van der Waals surface area contributed by atoms with E-state index in [1.165, 1.54) is 88.0 Å². The molecule has 6 rings (SSSR count). The summed E-state index contributed by atoms with van der Waals surface area (Å²) in [4.78, 5) is 0. The summed E-state index contributed by atoms with van der Waals surface area (Å²) in [6, 6.07) is 28.9. The van der Waals surface area contributed by atoms with Gasteiger partial charge in [0.15, 0.2) is 0 Å². The fraction of sp³-hybridized carbons (Fsp3) is 0.176. The first-order chi connectivity index (χ1) is 16.3. The second kappa shape index (κ2) is 7.43. The van der Waals surface area contributed by atoms with Crippen molar-refractivity contribution in [1.82, 2.24) is 0 Å². The molecule has 0 N–H and O–H groups in total. The quantitative estimate of drug-likeness (QED) is 0.237. The van der Waals surface area contributed by atoms with Crippen molar-refractivity contribution in [2.75, 3.05) is 0 Å². The van der Waals surface area contributed by atoms with Crippen molar-refractivity contribution < 1.29 is 0 Å². The molecule has 0 bridgehead atoms. The van der Waals surface area contributed by atoms with Gasteiger partial charge in [0.1, 0.15) is 0 Å². The summed E-state index contributed by atoms with van der Waals surface area (Å²) in [6.07, 6.45) is 0. The normalized spacial score (nSPS) is 11.8. The van der Waals surface area contributed by atoms with Crippen LogP contribution in [0.3, 0.4) is 0 Å². The van der Waals surface area contributed by atoms with Crippen molar-refractivity contribution in [1.29, 1.82) is 0 Å². The zero-order valence-corrected chi connectivity index (χ0v) is 20.9. The van der Waals surface area contributed by atoms with Gasteiger partial charge < -0.3 is 0 Å². The van der Waals surface area contributed by atoms with Crippen LogP contribution in [0.25, 0.3) is 54.6 Å². The molecule has 0 unspecified atom stereocenters. The van der Waals surface area contributed by atoms with Gasteiger partial charge in [-0.25, -0.2) is 0 Å². The van der Waals surface area contributed by atoms with Crippen molar-refractivity contribution in [3.05, 3.63) is 106 Å². The van der Waals surface area contributed by atoms with E-state index in [0.29, 0.717) is 0 Å². The molecule has 0 amide bonds. The van der Waals surface area contributed by atoms with E-state index in [4.69, 9.17) is 0 Å². The summed E-state index contributed by atoms with van der Waals surface area (Å²) < 4.78 is 0. The minimum atomic E-state index is 1.19. The Hall–Kier alpha value is -3.64. The molecule has 0 heteroatoms. The molecule has 0 fully saturated rings. The lowest BCUT2D eigenvalue weighted by molar-refractivity contribution is 1.31. The first-order valence-electron chi connectivity index (χ1n) is 12.1. The van der Waals surface area contributed by atoms with Crippen LogP contribution in [0.5, 0.6) is 0 Å². The molecule has 0 saturated heterocycles. The van der Waals surface area contributed by atoms with Gasteiger partial charge in [-0.3, -0.25) is 0 Å². The third-order valence-electron chi connectivity index (χ3n) is 7.41. The van der Waals surface area contributed by atoms with Gasteiger partial charge in [0.25, 0.3) is 0 Å². The lowest BCUT2D eigenvalue weighted by atomic mass is 9.80. The van der Waals surface area contributed by atoms with Gasteiger partial charge in [0.2, 0.25) is 0 Å². The first kappa shape index (κ1) is 20.9. The van der Waals surface area contributed by atoms with E-state index in [1.807, 2.05) is 0 Å². The minimum absolute atomic E-state index is 1.19. The highest BCUT2D eigenvalue weighted by atomic mass is 14.2. The van der Waals surface area contributed by atoms with E-state index in [9.17, 15) is 0 Å². The highest BCUT2D eigenvalue weighted by molar-refractivity contribution is 6.27. The van der Waals surface area contributed by atoms with E-state index in [0.717, 1.165) is 0 Å². The summed E-state index contributed by atoms with van der Waals surface area (Å²) in [5.74, 6) is 0. The molecule has 0 aliphatic rings. The second-order valence-corrected chi connectivity index (χ2v) is 10.1. The Bertz CT molecular complexity index is 1680. The Morgan fingerprint density at radius 1 is 0.500 bits per heavy atom. The standard InChI is InChI=1S/C34H29/c1-19-14-21(3)30(22(4)15-19)29-18-27-11-10-25-8-7-9-26-12-13-28(33(27)32(25)26)34(29)31-23(5)16-20(2)17-24(31)6/h7-17H,1-6H3. The largest absolute Gasteiger partial charge is 0.0610 e. The number of hydrogen-bond donors (Lipinski definition) is 0. The average molecular weight is 438 g/mol. The summed E-state index contributed by atoms with van der Waals surface area (Å²) in [7, 11) is 0. The van der Waals surface area contributed by atoms with Gasteiger partial charge in [-0.2, -0.15) is 0 Å². The Morgan fingerprint density at radius 3 is 1.62 bits per heavy atom. The Labute approximate surface area is 202 Å². The Morgan fingerprint density at radius 2 is 1.03 bits per heavy atom. The van der Waals surface area contributed by atoms with Gasteiger partial charge in [0, 0.05) is 0 Å². The summed E-state index contributed by atoms with van der Waals surface area (Å²) in [5.41, 5.74) is 13.1. The van der Waals surface area contributed by atoms with Gasteiger partial charge >= 0.3 is 0 Å². The van der Waals surface area contributed by atoms with Crippen LogP contribution in [-0.2, 0) is 0 Å². The molecule has 0 aliphatic carbocycles. The van der Waals surface area contributed by atoms with E-state index in [-0.39, 0.29) is 0 Å². The van der Waals surface area contributed by atoms with E-state index in [1.54, 1.807) is 0 Å². The molecule has 0 saturated carbocycles. The van der Waals surface area contributed by atoms with Crippen LogP contribution in [0.15, 0.2) is 66.7 Å². The van der Waals surface area contributed by atoms with Crippen LogP contribution in [-0.4, -0.2) is 0 Å². The number of benzene rings is 6. The summed E-state index contributed by atoms with van der Waals surface area (Å²) in [5, 5.41) is 7.78. The maximum Gasteiger partial charge on any atom is -0.000697 e. The number of hydrogen-bond acceptors (Lipinski definition) is 0. The molecule has 6 aromatic carbocycles. The van der Waals surface area contributed by atoms with Crippen molar-refractivity contribution in [3.8, 4) is 22.3 Å². The maximum absolute atomic E-state index is 3.94. The second-order valence-electron chi connectivity index (χ2n) is 10.1. The molecule has 0 aromatic heterocycles. The predicted molar refractivity (Wildman–Crippen MR) is 148 cm³/mol. The predicted octanol–water partition coefficient (Wildman–Crippen LogP) is 9.57. The lowest BCUT2D eigenvalue weighted by Crippen LogP contribution is -1.99. The van der Waals surface area contributed by atoms with Crippen molar-refractivity contribution in [3.63, 3.8) is 0 Å². The highest BCUT2D eigenvalue weighted by Gasteiger charge is 2.22. The summed E-state index contributed by atoms with van der Waals surface area (Å²) >= 11 is 0. The van der Waals surface area contributed by atoms with Crippen molar-refractivity contribution in [2.45, 2.75) is 41.5 Å². The number of aryl methyl sites for hydroxylation is 6. The lowest BCUT2D eigenvalue weighted by Gasteiger charge is -2.23. The smallest absolute Gasteiger partial charge is 0.000697 e. The SMILES string of the molecule is Cc1cc(C)c(-c2[c]c3ccc4cccc5ccc(c2-c2c(C)cc(C)cc2C)c3c45)c(C)c1. The van der Waals surface area contributed by atoms with Gasteiger partial charge in [0.05, 0.1) is 0 Å². The van der Waals surface area contributed by atoms with E-state index >= 15 is 0 Å². The first-order valence-corrected chi connectivity index (χ1v) is 12.1. The molecular formula is C34H29. The zero-order chi connectivity index (χ0) is 23.7. The Kier molecular flexibility index (Phi) is 4.58. The number of rotatable bonds is 2. The van der Waals surface area contributed by atoms with Crippen molar-refractivity contribution in [2.24, 2.45) is 0 Å². The molecule has 165 valence electrons. The topological polar surface area (TPSA) is 0 Å². The van der Waals surface area contributed by atoms with Crippen LogP contribution in [0.1, 0.15) is 33.4 Å². The average Bonchev–Trinajstić information content (AvgIpc) is 2.77. The maximum atomic E-state index is 3.94. The van der Waals surface area contributed by atoms with E-state index in [2.05, 4.69) is 114 Å². The molecule has 6 aromatic rings. The zero-order valence-electron chi connectivity index (χ0n) is 20.9. The molecule has 34 heavy (non-hydrogen) atoms. The third-order valence-corrected chi connectivity index (χ3v) is 7.41. The van der Waals surface area contributed by atoms with Crippen LogP contribution in [0.4, 0.5) is 0 Å². The third kappa shape index (κ3) is 2.98. The van der Waals surface area contributed by atoms with Crippen molar-refractivity contribution >= 4 is 32.3 Å². The van der Waals surface area contributed by atoms with Gasteiger partial charge in [-0.15, -0.1) is 0 Å². The molecule has 0 spiro atoms. The molecule has 0 nitrogen and oxygen atoms in total. The van der Waals surface area contributed by atoms with Crippen LogP contribution < -0.4 is 0 Å². The fourth-order valence-electron chi connectivity index (χ4n) is 6.32. The molecule has 0 heterocycles. The van der Waals surface area contributed by atoms with Crippen LogP contribution in [0, 0.1) is 47.6 Å². The summed E-state index contributed by atoms with van der Waals surface area (Å²) in [6.45, 7) is 13.4. The monoisotopic (exact) mass is 437 g/mol. The molecule has 0 atom stereocenters.